The molecule has 2 nitrogen and oxygen atoms in total. The van der Waals surface area contributed by atoms with Crippen LogP contribution < -0.4 is 0 Å². The van der Waals surface area contributed by atoms with Crippen molar-refractivity contribution in [2.24, 2.45) is 0 Å². The van der Waals surface area contributed by atoms with E-state index in [0.29, 0.717) is 17.2 Å². The highest BCUT2D eigenvalue weighted by atomic mass is 35.5. The fourth-order valence-electron chi connectivity index (χ4n) is 2.72. The Hall–Kier alpha value is -1.02. The molecule has 0 aliphatic carbocycles. The van der Waals surface area contributed by atoms with Crippen LogP contribution in [0.3, 0.4) is 0 Å². The van der Waals surface area contributed by atoms with Crippen molar-refractivity contribution >= 4 is 17.6 Å². The van der Waals surface area contributed by atoms with Gasteiger partial charge in [-0.05, 0) is 24.6 Å². The Morgan fingerprint density at radius 1 is 0.917 bits per heavy atom. The molecule has 135 valence electrons. The highest BCUT2D eigenvalue weighted by Gasteiger charge is 2.06. The molecule has 0 amide bonds. The van der Waals surface area contributed by atoms with Gasteiger partial charge in [-0.15, -0.1) is 0 Å². The Morgan fingerprint density at radius 2 is 1.46 bits per heavy atom. The molecule has 1 radical (unpaired) electrons. The van der Waals surface area contributed by atoms with Crippen LogP contribution in [0.25, 0.3) is 0 Å². The minimum atomic E-state index is -0.286. The smallest absolute Gasteiger partial charge is 0.338 e. The topological polar surface area (TPSA) is 26.3 Å². The van der Waals surface area contributed by atoms with E-state index in [9.17, 15) is 4.79 Å². The standard InChI is InChI=1S/C21H32ClO2/c1-2-3-4-5-6-7-8-9-10-11-12-13-18-24-21(23)19-14-16-20(22)17-15-19/h14-16H,2-13,18H2,1H3. The van der Waals surface area contributed by atoms with Crippen molar-refractivity contribution in [3.05, 3.63) is 34.9 Å². The van der Waals surface area contributed by atoms with E-state index in [-0.39, 0.29) is 5.97 Å². The first-order valence-corrected chi connectivity index (χ1v) is 9.96. The molecule has 1 aromatic rings. The fourth-order valence-corrected chi connectivity index (χ4v) is 2.84. The van der Waals surface area contributed by atoms with E-state index >= 15 is 0 Å². The number of rotatable bonds is 14. The van der Waals surface area contributed by atoms with Crippen LogP contribution in [0, 0.1) is 6.07 Å². The summed E-state index contributed by atoms with van der Waals surface area (Å²) in [6.45, 7) is 2.76. The molecule has 0 saturated heterocycles. The lowest BCUT2D eigenvalue weighted by atomic mass is 10.1. The molecule has 0 aromatic heterocycles. The molecule has 0 heterocycles. The van der Waals surface area contributed by atoms with Gasteiger partial charge in [-0.2, -0.15) is 0 Å². The van der Waals surface area contributed by atoms with Crippen LogP contribution in [0.5, 0.6) is 0 Å². The summed E-state index contributed by atoms with van der Waals surface area (Å²) < 4.78 is 5.26. The molecule has 24 heavy (non-hydrogen) atoms. The van der Waals surface area contributed by atoms with E-state index in [4.69, 9.17) is 16.3 Å². The molecule has 1 rings (SSSR count). The third-order valence-corrected chi connectivity index (χ3v) is 4.48. The maximum Gasteiger partial charge on any atom is 0.338 e. The van der Waals surface area contributed by atoms with Crippen LogP contribution >= 0.6 is 11.6 Å². The number of hydrogen-bond donors (Lipinski definition) is 0. The fraction of sp³-hybridized carbons (Fsp3) is 0.667. The summed E-state index contributed by atoms with van der Waals surface area (Å²) in [5.74, 6) is -0.286. The summed E-state index contributed by atoms with van der Waals surface area (Å²) in [6.07, 6.45) is 15.6. The third kappa shape index (κ3) is 10.7. The summed E-state index contributed by atoms with van der Waals surface area (Å²) in [6, 6.07) is 7.70. The lowest BCUT2D eigenvalue weighted by Crippen LogP contribution is -2.06. The maximum absolute atomic E-state index is 11.8. The first kappa shape index (κ1) is 21.0. The summed E-state index contributed by atoms with van der Waals surface area (Å²) >= 11 is 5.74. The number of unbranched alkanes of at least 4 members (excludes halogenated alkanes) is 11. The van der Waals surface area contributed by atoms with Gasteiger partial charge in [-0.25, -0.2) is 4.79 Å². The first-order chi connectivity index (χ1) is 11.7. The number of esters is 1. The van der Waals surface area contributed by atoms with Crippen molar-refractivity contribution in [3.63, 3.8) is 0 Å². The van der Waals surface area contributed by atoms with Gasteiger partial charge in [0, 0.05) is 11.1 Å². The highest BCUT2D eigenvalue weighted by molar-refractivity contribution is 6.30. The van der Waals surface area contributed by atoms with Gasteiger partial charge in [0.2, 0.25) is 0 Å². The average molecular weight is 352 g/mol. The molecule has 1 aromatic carbocycles. The molecule has 0 aliphatic heterocycles. The molecule has 0 bridgehead atoms. The quantitative estimate of drug-likeness (QED) is 0.266. The predicted octanol–water partition coefficient (Wildman–Crippen LogP) is 7.00. The van der Waals surface area contributed by atoms with Crippen molar-refractivity contribution in [1.29, 1.82) is 0 Å². The van der Waals surface area contributed by atoms with Gasteiger partial charge in [0.1, 0.15) is 0 Å². The molecule has 0 saturated carbocycles. The molecule has 0 atom stereocenters. The number of ether oxygens (including phenoxy) is 1. The van der Waals surface area contributed by atoms with Crippen LogP contribution in [0.15, 0.2) is 18.2 Å². The van der Waals surface area contributed by atoms with E-state index in [0.717, 1.165) is 12.8 Å². The van der Waals surface area contributed by atoms with Gasteiger partial charge in [-0.1, -0.05) is 89.2 Å². The number of carbonyl (C=O) groups is 1. The van der Waals surface area contributed by atoms with Gasteiger partial charge in [0.15, 0.2) is 0 Å². The average Bonchev–Trinajstić information content (AvgIpc) is 2.59. The lowest BCUT2D eigenvalue weighted by Gasteiger charge is -2.05. The van der Waals surface area contributed by atoms with E-state index in [1.165, 1.54) is 64.2 Å². The van der Waals surface area contributed by atoms with Crippen LogP contribution in [0.2, 0.25) is 5.02 Å². The van der Waals surface area contributed by atoms with Crippen LogP contribution in [0.1, 0.15) is 94.3 Å². The Balaban J connectivity index is 1.87. The summed E-state index contributed by atoms with van der Waals surface area (Å²) in [5, 5.41) is 0.507. The Kier molecular flexibility index (Phi) is 12.6. The Bertz CT molecular complexity index is 428. The summed E-state index contributed by atoms with van der Waals surface area (Å²) in [4.78, 5) is 11.8. The van der Waals surface area contributed by atoms with Crippen LogP contribution in [-0.4, -0.2) is 12.6 Å². The normalized spacial score (nSPS) is 10.8. The van der Waals surface area contributed by atoms with Crippen molar-refractivity contribution in [2.75, 3.05) is 6.61 Å². The lowest BCUT2D eigenvalue weighted by molar-refractivity contribution is 0.0497. The molecular weight excluding hydrogens is 320 g/mol. The third-order valence-electron chi connectivity index (χ3n) is 4.24. The molecule has 0 unspecified atom stereocenters. The van der Waals surface area contributed by atoms with E-state index in [2.05, 4.69) is 13.0 Å². The SMILES string of the molecule is CCCCCCCCCCCCCCOC(=O)c1c[c]c(Cl)cc1. The molecule has 0 fully saturated rings. The van der Waals surface area contributed by atoms with E-state index in [1.54, 1.807) is 18.2 Å². The van der Waals surface area contributed by atoms with Gasteiger partial charge in [0.25, 0.3) is 0 Å². The number of hydrogen-bond acceptors (Lipinski definition) is 2. The van der Waals surface area contributed by atoms with Gasteiger partial charge in [0.05, 0.1) is 12.2 Å². The zero-order valence-electron chi connectivity index (χ0n) is 15.1. The minimum absolute atomic E-state index is 0.286. The molecule has 0 spiro atoms. The predicted molar refractivity (Wildman–Crippen MR) is 102 cm³/mol. The molecule has 0 N–H and O–H groups in total. The first-order valence-electron chi connectivity index (χ1n) is 9.58. The van der Waals surface area contributed by atoms with Crippen molar-refractivity contribution < 1.29 is 9.53 Å². The number of benzene rings is 1. The Morgan fingerprint density at radius 3 is 1.96 bits per heavy atom. The maximum atomic E-state index is 11.8. The van der Waals surface area contributed by atoms with Crippen molar-refractivity contribution in [3.8, 4) is 0 Å². The van der Waals surface area contributed by atoms with Crippen molar-refractivity contribution in [1.82, 2.24) is 0 Å². The van der Waals surface area contributed by atoms with Gasteiger partial charge in [-0.3, -0.25) is 0 Å². The second kappa shape index (κ2) is 14.3. The largest absolute Gasteiger partial charge is 0.462 e. The number of carbonyl (C=O) groups excluding carboxylic acids is 1. The van der Waals surface area contributed by atoms with Crippen LogP contribution in [-0.2, 0) is 4.74 Å². The summed E-state index contributed by atoms with van der Waals surface area (Å²) in [5.41, 5.74) is 0.512. The van der Waals surface area contributed by atoms with Gasteiger partial charge < -0.3 is 4.74 Å². The van der Waals surface area contributed by atoms with E-state index < -0.39 is 0 Å². The number of halogens is 1. The summed E-state index contributed by atoms with van der Waals surface area (Å²) in [7, 11) is 0. The zero-order chi connectivity index (χ0) is 17.5. The van der Waals surface area contributed by atoms with E-state index in [1.807, 2.05) is 0 Å². The molecule has 3 heteroatoms. The van der Waals surface area contributed by atoms with Crippen molar-refractivity contribution in [2.45, 2.75) is 84.0 Å². The van der Waals surface area contributed by atoms with Crippen LogP contribution in [0.4, 0.5) is 0 Å². The molecule has 0 aliphatic rings. The zero-order valence-corrected chi connectivity index (χ0v) is 15.9. The minimum Gasteiger partial charge on any atom is -0.462 e. The second-order valence-electron chi connectivity index (χ2n) is 6.45. The second-order valence-corrected chi connectivity index (χ2v) is 6.86. The van der Waals surface area contributed by atoms with Gasteiger partial charge >= 0.3 is 5.97 Å². The molecular formula is C21H32ClO2. The highest BCUT2D eigenvalue weighted by Crippen LogP contribution is 2.13. The monoisotopic (exact) mass is 351 g/mol. The Labute approximate surface area is 152 Å².